The van der Waals surface area contributed by atoms with E-state index in [9.17, 15) is 14.4 Å². The van der Waals surface area contributed by atoms with Gasteiger partial charge in [0.05, 0.1) is 13.1 Å². The van der Waals surface area contributed by atoms with Crippen LogP contribution in [-0.4, -0.2) is 43.1 Å². The van der Waals surface area contributed by atoms with Crippen LogP contribution in [0, 0.1) is 11.8 Å². The maximum atomic E-state index is 11.7. The summed E-state index contributed by atoms with van der Waals surface area (Å²) in [6.45, 7) is 15.4. The van der Waals surface area contributed by atoms with Crippen molar-refractivity contribution in [2.75, 3.05) is 19.6 Å². The van der Waals surface area contributed by atoms with Crippen molar-refractivity contribution in [2.45, 2.75) is 52.9 Å². The van der Waals surface area contributed by atoms with Gasteiger partial charge in [0.25, 0.3) is 0 Å². The Kier molecular flexibility index (Phi) is 13.0. The molecular formula is C20H35N3O3. The molecule has 148 valence electrons. The molecule has 26 heavy (non-hydrogen) atoms. The van der Waals surface area contributed by atoms with Crippen molar-refractivity contribution in [1.29, 1.82) is 0 Å². The first-order chi connectivity index (χ1) is 12.3. The third-order valence-corrected chi connectivity index (χ3v) is 4.47. The Morgan fingerprint density at radius 1 is 1.08 bits per heavy atom. The van der Waals surface area contributed by atoms with Gasteiger partial charge in [-0.15, -0.1) is 0 Å². The molecule has 0 aliphatic carbocycles. The monoisotopic (exact) mass is 365 g/mol. The zero-order valence-electron chi connectivity index (χ0n) is 16.6. The number of amides is 2. The van der Waals surface area contributed by atoms with Gasteiger partial charge in [-0.3, -0.25) is 9.59 Å². The van der Waals surface area contributed by atoms with Crippen molar-refractivity contribution < 1.29 is 14.4 Å². The average molecular weight is 366 g/mol. The highest BCUT2D eigenvalue weighted by atomic mass is 16.1. The van der Waals surface area contributed by atoms with Crippen molar-refractivity contribution in [3.8, 4) is 0 Å². The van der Waals surface area contributed by atoms with Crippen LogP contribution in [0.5, 0.6) is 0 Å². The van der Waals surface area contributed by atoms with Gasteiger partial charge in [-0.05, 0) is 31.1 Å². The Morgan fingerprint density at radius 2 is 1.77 bits per heavy atom. The Balaban J connectivity index is 3.90. The second-order valence-corrected chi connectivity index (χ2v) is 7.03. The van der Waals surface area contributed by atoms with Crippen LogP contribution < -0.4 is 10.6 Å². The second kappa shape index (κ2) is 14.1. The molecule has 0 bridgehead atoms. The lowest BCUT2D eigenvalue weighted by Crippen LogP contribution is -2.30. The van der Waals surface area contributed by atoms with Crippen LogP contribution >= 0.6 is 0 Å². The molecule has 1 atom stereocenters. The van der Waals surface area contributed by atoms with Gasteiger partial charge in [-0.25, -0.2) is 0 Å². The smallest absolute Gasteiger partial charge is 0.220 e. The van der Waals surface area contributed by atoms with Crippen LogP contribution in [-0.2, 0) is 14.4 Å². The quantitative estimate of drug-likeness (QED) is 0.326. The number of nitrogens with zero attached hydrogens (tertiary/aromatic N) is 1. The molecule has 0 saturated heterocycles. The fourth-order valence-corrected chi connectivity index (χ4v) is 2.30. The normalized spacial score (nSPS) is 11.5. The molecule has 0 saturated carbocycles. The van der Waals surface area contributed by atoms with E-state index in [0.717, 1.165) is 44.1 Å². The third kappa shape index (κ3) is 11.4. The maximum Gasteiger partial charge on any atom is 0.220 e. The number of hydrogen-bond donors (Lipinski definition) is 2. The summed E-state index contributed by atoms with van der Waals surface area (Å²) in [5.41, 5.74) is 1.47. The van der Waals surface area contributed by atoms with Crippen LogP contribution in [0.25, 0.3) is 0 Å². The van der Waals surface area contributed by atoms with E-state index in [0.29, 0.717) is 37.0 Å². The van der Waals surface area contributed by atoms with Gasteiger partial charge >= 0.3 is 0 Å². The maximum absolute atomic E-state index is 11.7. The van der Waals surface area contributed by atoms with Crippen LogP contribution in [0.3, 0.4) is 0 Å². The number of hydrogen-bond acceptors (Lipinski definition) is 4. The highest BCUT2D eigenvalue weighted by Gasteiger charge is 2.13. The number of allylic oxidation sites excluding steroid dienone is 1. The van der Waals surface area contributed by atoms with Crippen molar-refractivity contribution in [2.24, 2.45) is 11.8 Å². The van der Waals surface area contributed by atoms with Gasteiger partial charge in [0.1, 0.15) is 6.29 Å². The van der Waals surface area contributed by atoms with Gasteiger partial charge < -0.3 is 20.3 Å². The number of carbonyl (C=O) groups excluding carboxylic acids is 3. The minimum atomic E-state index is -0.0403. The summed E-state index contributed by atoms with van der Waals surface area (Å²) in [7, 11) is 0. The molecule has 0 radical (unpaired) electrons. The molecule has 6 nitrogen and oxygen atoms in total. The largest absolute Gasteiger partial charge is 0.381 e. The summed E-state index contributed by atoms with van der Waals surface area (Å²) in [6, 6.07) is 0. The van der Waals surface area contributed by atoms with Crippen LogP contribution in [0.1, 0.15) is 52.9 Å². The van der Waals surface area contributed by atoms with E-state index < -0.39 is 0 Å². The number of carbonyl (C=O) groups is 3. The van der Waals surface area contributed by atoms with E-state index >= 15 is 0 Å². The lowest BCUT2D eigenvalue weighted by molar-refractivity contribution is -0.121. The molecule has 0 rings (SSSR count). The molecule has 0 spiro atoms. The highest BCUT2D eigenvalue weighted by Crippen LogP contribution is 2.20. The van der Waals surface area contributed by atoms with Gasteiger partial charge in [0.15, 0.2) is 0 Å². The first-order valence-corrected chi connectivity index (χ1v) is 9.33. The molecule has 0 aromatic carbocycles. The Morgan fingerprint density at radius 3 is 2.35 bits per heavy atom. The van der Waals surface area contributed by atoms with Crippen molar-refractivity contribution in [1.82, 2.24) is 15.5 Å². The van der Waals surface area contributed by atoms with Crippen LogP contribution in [0.15, 0.2) is 24.6 Å². The number of nitrogens with one attached hydrogen (secondary N) is 2. The number of unbranched alkanes of at least 4 members (excludes halogenated alkanes) is 2. The molecule has 0 heterocycles. The number of aldehydes is 1. The summed E-state index contributed by atoms with van der Waals surface area (Å²) >= 11 is 0. The molecule has 6 heteroatoms. The summed E-state index contributed by atoms with van der Waals surface area (Å²) in [4.78, 5) is 34.9. The van der Waals surface area contributed by atoms with Crippen molar-refractivity contribution >= 4 is 18.6 Å². The van der Waals surface area contributed by atoms with Crippen LogP contribution in [0.4, 0.5) is 0 Å². The summed E-state index contributed by atoms with van der Waals surface area (Å²) in [5, 5.41) is 5.54. The topological polar surface area (TPSA) is 78.5 Å². The summed E-state index contributed by atoms with van der Waals surface area (Å²) in [6.07, 6.45) is 5.33. The lowest BCUT2D eigenvalue weighted by Gasteiger charge is -2.24. The van der Waals surface area contributed by atoms with Crippen molar-refractivity contribution in [3.63, 3.8) is 0 Å². The standard InChI is InChI=1S/C20H35N3O3/c1-16(2)17(3)13-19(5)23(15-25)11-8-6-7-9-20(26)22-14-18(4)21-10-12-24/h12,15-17,21H,4-11,13-14H2,1-3H3,(H,22,26). The molecule has 2 amide bonds. The third-order valence-electron chi connectivity index (χ3n) is 4.47. The zero-order chi connectivity index (χ0) is 19.9. The van der Waals surface area contributed by atoms with Gasteiger partial charge in [0, 0.05) is 24.4 Å². The van der Waals surface area contributed by atoms with E-state index in [2.05, 4.69) is 44.6 Å². The second-order valence-electron chi connectivity index (χ2n) is 7.03. The molecule has 0 aliphatic rings. The first kappa shape index (κ1) is 23.9. The number of rotatable bonds is 16. The Bertz CT molecular complexity index is 475. The molecule has 0 aromatic heterocycles. The lowest BCUT2D eigenvalue weighted by atomic mass is 9.93. The SMILES string of the molecule is C=C(CNC(=O)CCCCCN(C=O)C(=C)CC(C)C(C)C)NCC=O. The predicted octanol–water partition coefficient (Wildman–Crippen LogP) is 2.62. The molecule has 0 fully saturated rings. The van der Waals surface area contributed by atoms with E-state index in [-0.39, 0.29) is 12.5 Å². The first-order valence-electron chi connectivity index (χ1n) is 9.33. The molecule has 1 unspecified atom stereocenters. The molecule has 0 aliphatic heterocycles. The van der Waals surface area contributed by atoms with E-state index in [4.69, 9.17) is 0 Å². The summed E-state index contributed by atoms with van der Waals surface area (Å²) in [5.74, 6) is 1.01. The fourth-order valence-electron chi connectivity index (χ4n) is 2.30. The predicted molar refractivity (Wildman–Crippen MR) is 105 cm³/mol. The van der Waals surface area contributed by atoms with Gasteiger partial charge in [-0.1, -0.05) is 40.3 Å². The van der Waals surface area contributed by atoms with E-state index in [1.54, 1.807) is 4.90 Å². The van der Waals surface area contributed by atoms with E-state index in [1.165, 1.54) is 0 Å². The van der Waals surface area contributed by atoms with Gasteiger partial charge in [-0.2, -0.15) is 0 Å². The summed E-state index contributed by atoms with van der Waals surface area (Å²) < 4.78 is 0. The van der Waals surface area contributed by atoms with Crippen LogP contribution in [0.2, 0.25) is 0 Å². The minimum Gasteiger partial charge on any atom is -0.381 e. The van der Waals surface area contributed by atoms with E-state index in [1.807, 2.05) is 0 Å². The minimum absolute atomic E-state index is 0.0403. The van der Waals surface area contributed by atoms with Crippen molar-refractivity contribution in [3.05, 3.63) is 24.6 Å². The van der Waals surface area contributed by atoms with Gasteiger partial charge in [0.2, 0.25) is 12.3 Å². The zero-order valence-corrected chi connectivity index (χ0v) is 16.6. The Labute approximate surface area is 158 Å². The fraction of sp³-hybridized carbons (Fsp3) is 0.650. The molecule has 2 N–H and O–H groups in total. The highest BCUT2D eigenvalue weighted by molar-refractivity contribution is 5.76. The average Bonchev–Trinajstić information content (AvgIpc) is 2.60. The molecule has 0 aromatic rings. The Hall–Kier alpha value is -2.11. The molecular weight excluding hydrogens is 330 g/mol.